The predicted molar refractivity (Wildman–Crippen MR) is 77.9 cm³/mol. The van der Waals surface area contributed by atoms with Crippen LogP contribution >= 0.6 is 0 Å². The van der Waals surface area contributed by atoms with Gasteiger partial charge in [0.1, 0.15) is 0 Å². The van der Waals surface area contributed by atoms with Crippen molar-refractivity contribution in [2.75, 3.05) is 57.3 Å². The number of urea groups is 1. The molecule has 1 aromatic rings. The zero-order valence-electron chi connectivity index (χ0n) is 11.7. The zero-order chi connectivity index (χ0) is 13.8. The molecule has 20 heavy (non-hydrogen) atoms. The molecule has 2 aliphatic rings. The highest BCUT2D eigenvalue weighted by atomic mass is 16.2. The van der Waals surface area contributed by atoms with Crippen LogP contribution in [-0.2, 0) is 0 Å². The number of carbonyl (C=O) groups is 1. The number of nitrogens with zero attached hydrogens (tertiary/aromatic N) is 4. The Labute approximate surface area is 119 Å². The van der Waals surface area contributed by atoms with Crippen molar-refractivity contribution >= 4 is 11.7 Å². The summed E-state index contributed by atoms with van der Waals surface area (Å²) >= 11 is 0. The van der Waals surface area contributed by atoms with Crippen molar-refractivity contribution in [1.29, 1.82) is 0 Å². The van der Waals surface area contributed by atoms with Gasteiger partial charge in [-0.2, -0.15) is 0 Å². The van der Waals surface area contributed by atoms with Crippen LogP contribution in [0.2, 0.25) is 0 Å². The van der Waals surface area contributed by atoms with Crippen LogP contribution in [-0.4, -0.2) is 73.2 Å². The molecule has 6 heteroatoms. The molecule has 6 nitrogen and oxygen atoms in total. The SMILES string of the molecule is O=C(N1CCNCC1)N1CCN(c2ccncc2)CC1. The van der Waals surface area contributed by atoms with Gasteiger partial charge < -0.3 is 20.0 Å². The van der Waals surface area contributed by atoms with Crippen LogP contribution in [0.15, 0.2) is 24.5 Å². The minimum atomic E-state index is 0.195. The van der Waals surface area contributed by atoms with Gasteiger partial charge >= 0.3 is 6.03 Å². The summed E-state index contributed by atoms with van der Waals surface area (Å²) in [6.07, 6.45) is 3.63. The molecule has 0 radical (unpaired) electrons. The number of aromatic nitrogens is 1. The first-order valence-corrected chi connectivity index (χ1v) is 7.24. The van der Waals surface area contributed by atoms with Crippen molar-refractivity contribution in [3.63, 3.8) is 0 Å². The summed E-state index contributed by atoms with van der Waals surface area (Å²) in [5.41, 5.74) is 1.19. The quantitative estimate of drug-likeness (QED) is 0.797. The number of hydrogen-bond acceptors (Lipinski definition) is 4. The lowest BCUT2D eigenvalue weighted by atomic mass is 10.2. The maximum Gasteiger partial charge on any atom is 0.320 e. The third-order valence-electron chi connectivity index (χ3n) is 3.97. The Morgan fingerprint density at radius 3 is 2.20 bits per heavy atom. The fraction of sp³-hybridized carbons (Fsp3) is 0.571. The Morgan fingerprint density at radius 2 is 1.55 bits per heavy atom. The highest BCUT2D eigenvalue weighted by molar-refractivity contribution is 5.75. The summed E-state index contributed by atoms with van der Waals surface area (Å²) in [6.45, 7) is 6.83. The largest absolute Gasteiger partial charge is 0.368 e. The number of pyridine rings is 1. The first kappa shape index (κ1) is 13.2. The minimum Gasteiger partial charge on any atom is -0.368 e. The third-order valence-corrected chi connectivity index (χ3v) is 3.97. The van der Waals surface area contributed by atoms with Gasteiger partial charge in [-0.1, -0.05) is 0 Å². The number of anilines is 1. The molecule has 0 aromatic carbocycles. The van der Waals surface area contributed by atoms with E-state index in [1.165, 1.54) is 5.69 Å². The summed E-state index contributed by atoms with van der Waals surface area (Å²) in [5, 5.41) is 3.27. The highest BCUT2D eigenvalue weighted by Crippen LogP contribution is 2.15. The molecule has 2 saturated heterocycles. The molecule has 2 fully saturated rings. The molecule has 0 spiro atoms. The van der Waals surface area contributed by atoms with Gasteiger partial charge in [-0.25, -0.2) is 4.79 Å². The molecule has 1 N–H and O–H groups in total. The molecule has 0 saturated carbocycles. The Morgan fingerprint density at radius 1 is 0.950 bits per heavy atom. The van der Waals surface area contributed by atoms with Gasteiger partial charge in [0.2, 0.25) is 0 Å². The molecule has 0 atom stereocenters. The van der Waals surface area contributed by atoms with Gasteiger partial charge in [-0.05, 0) is 12.1 Å². The van der Waals surface area contributed by atoms with Crippen LogP contribution < -0.4 is 10.2 Å². The van der Waals surface area contributed by atoms with Crippen molar-refractivity contribution in [3.05, 3.63) is 24.5 Å². The topological polar surface area (TPSA) is 51.7 Å². The van der Waals surface area contributed by atoms with E-state index in [2.05, 4.69) is 15.2 Å². The second-order valence-electron chi connectivity index (χ2n) is 5.20. The van der Waals surface area contributed by atoms with E-state index >= 15 is 0 Å². The van der Waals surface area contributed by atoms with E-state index < -0.39 is 0 Å². The molecule has 0 unspecified atom stereocenters. The van der Waals surface area contributed by atoms with Crippen molar-refractivity contribution in [2.24, 2.45) is 0 Å². The van der Waals surface area contributed by atoms with Crippen molar-refractivity contribution < 1.29 is 4.79 Å². The van der Waals surface area contributed by atoms with Gasteiger partial charge in [0.05, 0.1) is 0 Å². The summed E-state index contributed by atoms with van der Waals surface area (Å²) in [7, 11) is 0. The average Bonchev–Trinajstić information content (AvgIpc) is 2.56. The smallest absolute Gasteiger partial charge is 0.320 e. The maximum atomic E-state index is 12.4. The highest BCUT2D eigenvalue weighted by Gasteiger charge is 2.25. The van der Waals surface area contributed by atoms with Crippen LogP contribution in [0.25, 0.3) is 0 Å². The fourth-order valence-corrected chi connectivity index (χ4v) is 2.77. The maximum absolute atomic E-state index is 12.4. The van der Waals surface area contributed by atoms with Crippen LogP contribution in [0.3, 0.4) is 0 Å². The van der Waals surface area contributed by atoms with Gasteiger partial charge in [0, 0.05) is 70.4 Å². The molecule has 3 rings (SSSR count). The predicted octanol–water partition coefficient (Wildman–Crippen LogP) is 0.229. The Balaban J connectivity index is 1.54. The standard InChI is InChI=1S/C14H21N5O/c20-14(18-7-5-16-6-8-18)19-11-9-17(10-12-19)13-1-3-15-4-2-13/h1-4,16H,5-12H2. The Bertz CT molecular complexity index is 438. The van der Waals surface area contributed by atoms with Crippen molar-refractivity contribution in [2.45, 2.75) is 0 Å². The molecule has 0 bridgehead atoms. The lowest BCUT2D eigenvalue weighted by Gasteiger charge is -2.39. The molecular formula is C14H21N5O. The van der Waals surface area contributed by atoms with Crippen molar-refractivity contribution in [3.8, 4) is 0 Å². The van der Waals surface area contributed by atoms with E-state index in [9.17, 15) is 4.79 Å². The van der Waals surface area contributed by atoms with E-state index in [1.807, 2.05) is 34.3 Å². The summed E-state index contributed by atoms with van der Waals surface area (Å²) in [5.74, 6) is 0. The number of amides is 2. The van der Waals surface area contributed by atoms with E-state index in [4.69, 9.17) is 0 Å². The molecule has 2 amide bonds. The first-order chi connectivity index (χ1) is 9.84. The Hall–Kier alpha value is -1.82. The monoisotopic (exact) mass is 275 g/mol. The first-order valence-electron chi connectivity index (χ1n) is 7.24. The second-order valence-corrected chi connectivity index (χ2v) is 5.20. The summed E-state index contributed by atoms with van der Waals surface area (Å²) < 4.78 is 0. The third kappa shape index (κ3) is 2.85. The number of nitrogens with one attached hydrogen (secondary N) is 1. The minimum absolute atomic E-state index is 0.195. The molecule has 2 aliphatic heterocycles. The number of hydrogen-bond donors (Lipinski definition) is 1. The lowest BCUT2D eigenvalue weighted by Crippen LogP contribution is -2.56. The number of rotatable bonds is 1. The zero-order valence-corrected chi connectivity index (χ0v) is 11.7. The number of piperazine rings is 2. The van der Waals surface area contributed by atoms with Gasteiger partial charge in [0.25, 0.3) is 0 Å². The molecule has 1 aromatic heterocycles. The van der Waals surface area contributed by atoms with Gasteiger partial charge in [0.15, 0.2) is 0 Å². The normalized spacial score (nSPS) is 20.1. The lowest BCUT2D eigenvalue weighted by molar-refractivity contribution is 0.144. The molecule has 0 aliphatic carbocycles. The fourth-order valence-electron chi connectivity index (χ4n) is 2.77. The van der Waals surface area contributed by atoms with Crippen molar-refractivity contribution in [1.82, 2.24) is 20.1 Å². The van der Waals surface area contributed by atoms with Crippen LogP contribution in [0, 0.1) is 0 Å². The van der Waals surface area contributed by atoms with Gasteiger partial charge in [-0.15, -0.1) is 0 Å². The number of carbonyl (C=O) groups excluding carboxylic acids is 1. The van der Waals surface area contributed by atoms with Crippen LogP contribution in [0.5, 0.6) is 0 Å². The Kier molecular flexibility index (Phi) is 4.01. The van der Waals surface area contributed by atoms with E-state index in [-0.39, 0.29) is 6.03 Å². The summed E-state index contributed by atoms with van der Waals surface area (Å²) in [6, 6.07) is 4.24. The van der Waals surface area contributed by atoms with E-state index in [0.717, 1.165) is 52.4 Å². The van der Waals surface area contributed by atoms with E-state index in [0.29, 0.717) is 0 Å². The van der Waals surface area contributed by atoms with E-state index in [1.54, 1.807) is 0 Å². The summed E-state index contributed by atoms with van der Waals surface area (Å²) in [4.78, 5) is 22.7. The molecular weight excluding hydrogens is 254 g/mol. The van der Waals surface area contributed by atoms with Crippen LogP contribution in [0.1, 0.15) is 0 Å². The van der Waals surface area contributed by atoms with Gasteiger partial charge in [-0.3, -0.25) is 4.98 Å². The molecule has 108 valence electrons. The van der Waals surface area contributed by atoms with Crippen LogP contribution in [0.4, 0.5) is 10.5 Å². The molecule has 3 heterocycles. The second kappa shape index (κ2) is 6.09. The average molecular weight is 275 g/mol.